The zero-order valence-corrected chi connectivity index (χ0v) is 16.1. The Balaban J connectivity index is 2.06. The molecule has 1 amide bonds. The largest absolute Gasteiger partial charge is 0.324 e. The number of rotatable bonds is 8. The van der Waals surface area contributed by atoms with Crippen molar-refractivity contribution < 1.29 is 9.18 Å². The summed E-state index contributed by atoms with van der Waals surface area (Å²) in [4.78, 5) is 12.5. The lowest BCUT2D eigenvalue weighted by Crippen LogP contribution is -2.34. The summed E-state index contributed by atoms with van der Waals surface area (Å²) in [6.45, 7) is 8.56. The van der Waals surface area contributed by atoms with Crippen molar-refractivity contribution in [2.75, 3.05) is 11.9 Å². The molecule has 0 saturated heterocycles. The zero-order valence-electron chi connectivity index (χ0n) is 16.1. The third-order valence-corrected chi connectivity index (χ3v) is 4.64. The Morgan fingerprint density at radius 2 is 1.58 bits per heavy atom. The van der Waals surface area contributed by atoms with Crippen LogP contribution in [0.3, 0.4) is 0 Å². The number of halogens is 1. The second-order valence-corrected chi connectivity index (χ2v) is 6.86. The van der Waals surface area contributed by atoms with Crippen LogP contribution in [0, 0.1) is 11.7 Å². The molecule has 0 aliphatic carbocycles. The maximum Gasteiger partial charge on any atom is 0.238 e. The highest BCUT2D eigenvalue weighted by molar-refractivity contribution is 5.93. The van der Waals surface area contributed by atoms with Crippen molar-refractivity contribution in [2.24, 2.45) is 5.92 Å². The summed E-state index contributed by atoms with van der Waals surface area (Å²) in [5.74, 6) is -0.0342. The van der Waals surface area contributed by atoms with Crippen molar-refractivity contribution in [3.8, 4) is 0 Å². The topological polar surface area (TPSA) is 41.1 Å². The van der Waals surface area contributed by atoms with Gasteiger partial charge in [0, 0.05) is 11.7 Å². The van der Waals surface area contributed by atoms with Gasteiger partial charge in [-0.15, -0.1) is 0 Å². The highest BCUT2D eigenvalue weighted by Gasteiger charge is 2.17. The molecule has 2 aromatic rings. The number of amides is 1. The summed E-state index contributed by atoms with van der Waals surface area (Å²) < 4.78 is 13.2. The van der Waals surface area contributed by atoms with Crippen LogP contribution in [0.2, 0.25) is 0 Å². The van der Waals surface area contributed by atoms with Crippen LogP contribution in [-0.2, 0) is 17.6 Å². The van der Waals surface area contributed by atoms with Gasteiger partial charge in [-0.2, -0.15) is 0 Å². The molecule has 0 bridgehead atoms. The summed E-state index contributed by atoms with van der Waals surface area (Å²) in [7, 11) is 0. The van der Waals surface area contributed by atoms with Crippen LogP contribution in [0.25, 0.3) is 0 Å². The first kappa shape index (κ1) is 20.1. The first-order chi connectivity index (χ1) is 12.5. The van der Waals surface area contributed by atoms with Crippen LogP contribution >= 0.6 is 0 Å². The fraction of sp³-hybridized carbons (Fsp3) is 0.409. The Morgan fingerprint density at radius 3 is 2.08 bits per heavy atom. The van der Waals surface area contributed by atoms with Crippen molar-refractivity contribution in [1.29, 1.82) is 0 Å². The molecule has 0 spiro atoms. The molecule has 0 aliphatic heterocycles. The van der Waals surface area contributed by atoms with E-state index in [2.05, 4.69) is 50.5 Å². The molecule has 2 N–H and O–H groups in total. The minimum Gasteiger partial charge on any atom is -0.324 e. The molecule has 0 radical (unpaired) electrons. The van der Waals surface area contributed by atoms with Gasteiger partial charge in [-0.25, -0.2) is 4.39 Å². The number of carbonyl (C=O) groups excluding carboxylic acids is 1. The number of hydrogen-bond acceptors (Lipinski definition) is 2. The lowest BCUT2D eigenvalue weighted by atomic mass is 9.96. The minimum atomic E-state index is -0.253. The first-order valence-electron chi connectivity index (χ1n) is 9.35. The van der Waals surface area contributed by atoms with Gasteiger partial charge < -0.3 is 10.6 Å². The zero-order chi connectivity index (χ0) is 19.1. The summed E-state index contributed by atoms with van der Waals surface area (Å²) in [6.07, 6.45) is 1.75. The van der Waals surface area contributed by atoms with Gasteiger partial charge in [0.15, 0.2) is 0 Å². The van der Waals surface area contributed by atoms with Crippen molar-refractivity contribution in [3.05, 3.63) is 65.0 Å². The van der Waals surface area contributed by atoms with E-state index in [1.54, 1.807) is 12.1 Å². The summed E-state index contributed by atoms with van der Waals surface area (Å²) >= 11 is 0. The summed E-state index contributed by atoms with van der Waals surface area (Å²) in [5, 5.41) is 6.39. The van der Waals surface area contributed by atoms with Crippen LogP contribution in [0.15, 0.2) is 42.5 Å². The molecule has 4 heteroatoms. The first-order valence-corrected chi connectivity index (χ1v) is 9.35. The lowest BCUT2D eigenvalue weighted by molar-refractivity contribution is -0.115. The number of anilines is 1. The van der Waals surface area contributed by atoms with Gasteiger partial charge in [-0.1, -0.05) is 58.0 Å². The van der Waals surface area contributed by atoms with E-state index >= 15 is 0 Å². The van der Waals surface area contributed by atoms with Gasteiger partial charge in [-0.3, -0.25) is 4.79 Å². The van der Waals surface area contributed by atoms with E-state index in [-0.39, 0.29) is 30.2 Å². The van der Waals surface area contributed by atoms with Crippen molar-refractivity contribution in [3.63, 3.8) is 0 Å². The van der Waals surface area contributed by atoms with E-state index in [0.29, 0.717) is 0 Å². The van der Waals surface area contributed by atoms with Gasteiger partial charge in [0.1, 0.15) is 5.82 Å². The molecule has 0 aromatic heterocycles. The number of para-hydroxylation sites is 1. The molecular weight excluding hydrogens is 327 g/mol. The highest BCUT2D eigenvalue weighted by atomic mass is 19.1. The van der Waals surface area contributed by atoms with Gasteiger partial charge in [-0.05, 0) is 47.6 Å². The van der Waals surface area contributed by atoms with Gasteiger partial charge >= 0.3 is 0 Å². The average molecular weight is 356 g/mol. The average Bonchev–Trinajstić information content (AvgIpc) is 2.63. The molecule has 0 aliphatic rings. The second kappa shape index (κ2) is 9.48. The van der Waals surface area contributed by atoms with E-state index < -0.39 is 0 Å². The standard InChI is InChI=1S/C22H29FN2O/c1-5-16-8-7-9-17(6-2)22(16)25-20(26)14-24-21(15(3)4)18-10-12-19(23)13-11-18/h7-13,15,21,24H,5-6,14H2,1-4H3,(H,25,26)/t21-/m1/s1. The molecule has 0 saturated carbocycles. The molecular formula is C22H29FN2O. The number of nitrogens with one attached hydrogen (secondary N) is 2. The monoisotopic (exact) mass is 356 g/mol. The highest BCUT2D eigenvalue weighted by Crippen LogP contribution is 2.24. The molecule has 0 heterocycles. The van der Waals surface area contributed by atoms with E-state index in [0.717, 1.165) is 35.2 Å². The smallest absolute Gasteiger partial charge is 0.238 e. The second-order valence-electron chi connectivity index (χ2n) is 6.86. The van der Waals surface area contributed by atoms with Gasteiger partial charge in [0.25, 0.3) is 0 Å². The van der Waals surface area contributed by atoms with Crippen LogP contribution in [0.1, 0.15) is 50.4 Å². The maximum atomic E-state index is 13.2. The Kier molecular flexibility index (Phi) is 7.34. The van der Waals surface area contributed by atoms with E-state index in [1.807, 2.05) is 6.07 Å². The van der Waals surface area contributed by atoms with Crippen LogP contribution in [0.5, 0.6) is 0 Å². The van der Waals surface area contributed by atoms with Crippen LogP contribution < -0.4 is 10.6 Å². The predicted octanol–water partition coefficient (Wildman–Crippen LogP) is 4.88. The normalized spacial score (nSPS) is 12.2. The number of aryl methyl sites for hydroxylation is 2. The van der Waals surface area contributed by atoms with E-state index in [4.69, 9.17) is 0 Å². The molecule has 1 atom stereocenters. The molecule has 26 heavy (non-hydrogen) atoms. The van der Waals surface area contributed by atoms with Gasteiger partial charge in [0.2, 0.25) is 5.91 Å². The quantitative estimate of drug-likeness (QED) is 0.708. The number of benzene rings is 2. The van der Waals surface area contributed by atoms with Crippen LogP contribution in [-0.4, -0.2) is 12.5 Å². The van der Waals surface area contributed by atoms with E-state index in [1.165, 1.54) is 12.1 Å². The number of carbonyl (C=O) groups is 1. The Labute approximate surface area is 156 Å². The summed E-state index contributed by atoms with van der Waals surface area (Å²) in [6, 6.07) is 12.6. The van der Waals surface area contributed by atoms with E-state index in [9.17, 15) is 9.18 Å². The predicted molar refractivity (Wildman–Crippen MR) is 106 cm³/mol. The Morgan fingerprint density at radius 1 is 1.00 bits per heavy atom. The molecule has 140 valence electrons. The summed E-state index contributed by atoms with van der Waals surface area (Å²) in [5.41, 5.74) is 4.22. The third kappa shape index (κ3) is 5.15. The maximum absolute atomic E-state index is 13.2. The van der Waals surface area contributed by atoms with Crippen molar-refractivity contribution >= 4 is 11.6 Å². The molecule has 0 unspecified atom stereocenters. The van der Waals surface area contributed by atoms with Crippen LogP contribution in [0.4, 0.5) is 10.1 Å². The van der Waals surface area contributed by atoms with Crippen molar-refractivity contribution in [2.45, 2.75) is 46.6 Å². The number of hydrogen-bond donors (Lipinski definition) is 2. The Bertz CT molecular complexity index is 703. The van der Waals surface area contributed by atoms with Gasteiger partial charge in [0.05, 0.1) is 6.54 Å². The molecule has 2 rings (SSSR count). The fourth-order valence-electron chi connectivity index (χ4n) is 3.20. The lowest BCUT2D eigenvalue weighted by Gasteiger charge is -2.23. The minimum absolute atomic E-state index is 0.00610. The molecule has 2 aromatic carbocycles. The fourth-order valence-corrected chi connectivity index (χ4v) is 3.20. The Hall–Kier alpha value is -2.20. The van der Waals surface area contributed by atoms with Crippen molar-refractivity contribution in [1.82, 2.24) is 5.32 Å². The molecule has 3 nitrogen and oxygen atoms in total. The SMILES string of the molecule is CCc1cccc(CC)c1NC(=O)CN[C@@H](c1ccc(F)cc1)C(C)C. The third-order valence-electron chi connectivity index (χ3n) is 4.64. The molecule has 0 fully saturated rings.